The lowest BCUT2D eigenvalue weighted by Gasteiger charge is -2.28. The Labute approximate surface area is 234 Å². The van der Waals surface area contributed by atoms with Gasteiger partial charge in [-0.3, -0.25) is 4.79 Å². The van der Waals surface area contributed by atoms with Gasteiger partial charge < -0.3 is 24.7 Å². The van der Waals surface area contributed by atoms with E-state index in [1.165, 1.54) is 18.1 Å². The summed E-state index contributed by atoms with van der Waals surface area (Å²) in [5.41, 5.74) is 7.38. The summed E-state index contributed by atoms with van der Waals surface area (Å²) >= 11 is 8.37. The molecule has 1 aromatic carbocycles. The molecule has 1 amide bonds. The van der Waals surface area contributed by atoms with Crippen molar-refractivity contribution in [1.29, 1.82) is 0 Å². The first-order valence-electron chi connectivity index (χ1n) is 11.8. The smallest absolute Gasteiger partial charge is 0.231 e. The number of carbonyl (C=O) groups excluding carboxylic acids is 1. The van der Waals surface area contributed by atoms with Crippen molar-refractivity contribution in [3.63, 3.8) is 0 Å². The zero-order valence-electron chi connectivity index (χ0n) is 20.8. The Morgan fingerprint density at radius 3 is 2.72 bits per heavy atom. The van der Waals surface area contributed by atoms with E-state index in [1.54, 1.807) is 0 Å². The molecular weight excluding hydrogens is 611 g/mol. The number of aromatic nitrogens is 4. The maximum Gasteiger partial charge on any atom is 0.231 e. The van der Waals surface area contributed by atoms with Crippen molar-refractivity contribution in [2.24, 2.45) is 0 Å². The minimum Gasteiger partial charge on any atom is -0.454 e. The topological polar surface area (TPSA) is 108 Å². The van der Waals surface area contributed by atoms with Crippen molar-refractivity contribution in [3.05, 3.63) is 22.0 Å². The molecule has 0 fully saturated rings. The fraction of sp³-hybridized carbons (Fsp3) is 0.500. The number of carbonyl (C=O) groups is 1. The van der Waals surface area contributed by atoms with Gasteiger partial charge in [-0.25, -0.2) is 15.0 Å². The van der Waals surface area contributed by atoms with E-state index in [9.17, 15) is 4.79 Å². The number of imidazole rings is 1. The van der Waals surface area contributed by atoms with Crippen LogP contribution in [0.2, 0.25) is 0 Å². The number of aryl methyl sites for hydroxylation is 1. The third-order valence-corrected chi connectivity index (χ3v) is 8.36. The van der Waals surface area contributed by atoms with E-state index in [4.69, 9.17) is 20.2 Å². The van der Waals surface area contributed by atoms with Crippen molar-refractivity contribution in [2.75, 3.05) is 19.1 Å². The molecule has 0 radical (unpaired) electrons. The summed E-state index contributed by atoms with van der Waals surface area (Å²) in [6, 6.07) is 4.04. The van der Waals surface area contributed by atoms with Gasteiger partial charge in [-0.15, -0.1) is 0 Å². The number of ether oxygens (including phenoxy) is 2. The number of amides is 1. The highest BCUT2D eigenvalue weighted by molar-refractivity contribution is 14.1. The molecule has 0 bridgehead atoms. The Morgan fingerprint density at radius 1 is 1.31 bits per heavy atom. The maximum atomic E-state index is 12.9. The van der Waals surface area contributed by atoms with Gasteiger partial charge in [-0.2, -0.15) is 12.6 Å². The van der Waals surface area contributed by atoms with Crippen LogP contribution in [-0.4, -0.2) is 54.5 Å². The van der Waals surface area contributed by atoms with Crippen LogP contribution >= 0.6 is 47.0 Å². The van der Waals surface area contributed by atoms with Gasteiger partial charge in [0.1, 0.15) is 6.33 Å². The summed E-state index contributed by atoms with van der Waals surface area (Å²) in [7, 11) is 0. The number of hydrogen-bond donors (Lipinski definition) is 2. The molecule has 9 nitrogen and oxygen atoms in total. The average molecular weight is 643 g/mol. The quantitative estimate of drug-likeness (QED) is 0.235. The van der Waals surface area contributed by atoms with Crippen LogP contribution in [0.4, 0.5) is 5.82 Å². The molecule has 0 aliphatic carbocycles. The predicted octanol–water partition coefficient (Wildman–Crippen LogP) is 5.01. The van der Waals surface area contributed by atoms with Gasteiger partial charge >= 0.3 is 0 Å². The largest absolute Gasteiger partial charge is 0.454 e. The number of nitrogen functional groups attached to an aromatic ring is 1. The van der Waals surface area contributed by atoms with Crippen LogP contribution in [0.25, 0.3) is 11.2 Å². The predicted molar refractivity (Wildman–Crippen MR) is 153 cm³/mol. The standard InChI is InChI=1S/C24H31IN6O3S2/c1-14(2)30(19(32)6-7-24(3,4)35)8-5-9-31-22-20(21(26)27-12-28-22)29-23(31)36-18-11-17-16(10-15(18)25)33-13-34-17/h10-12,14,35H,5-9,13H2,1-4H3,(H2,26,27,28). The van der Waals surface area contributed by atoms with Crippen LogP contribution in [0.1, 0.15) is 47.0 Å². The van der Waals surface area contributed by atoms with Gasteiger partial charge in [0.05, 0.1) is 0 Å². The number of fused-ring (bicyclic) bond motifs is 2. The van der Waals surface area contributed by atoms with Gasteiger partial charge in [0.15, 0.2) is 33.6 Å². The van der Waals surface area contributed by atoms with Gasteiger partial charge in [0.25, 0.3) is 0 Å². The zero-order valence-corrected chi connectivity index (χ0v) is 24.7. The molecular formula is C24H31IN6O3S2. The Bertz CT molecular complexity index is 1260. The molecule has 1 aliphatic heterocycles. The molecule has 3 aromatic rings. The summed E-state index contributed by atoms with van der Waals surface area (Å²) in [6.07, 6.45) is 3.42. The summed E-state index contributed by atoms with van der Waals surface area (Å²) in [5.74, 6) is 1.95. The highest BCUT2D eigenvalue weighted by atomic mass is 127. The number of hydrogen-bond acceptors (Lipinski definition) is 9. The molecule has 1 aliphatic rings. The van der Waals surface area contributed by atoms with Crippen molar-refractivity contribution < 1.29 is 14.3 Å². The SMILES string of the molecule is CC(C)N(CCCn1c(Sc2cc3c(cc2I)OCO3)nc2c(N)ncnc21)C(=O)CCC(C)(C)S. The minimum atomic E-state index is -0.175. The number of thiol groups is 1. The van der Waals surface area contributed by atoms with E-state index in [0.29, 0.717) is 36.5 Å². The highest BCUT2D eigenvalue weighted by Crippen LogP contribution is 2.41. The monoisotopic (exact) mass is 642 g/mol. The van der Waals surface area contributed by atoms with Crippen molar-refractivity contribution in [1.82, 2.24) is 24.4 Å². The van der Waals surface area contributed by atoms with E-state index >= 15 is 0 Å². The summed E-state index contributed by atoms with van der Waals surface area (Å²) in [6.45, 7) is 9.64. The third kappa shape index (κ3) is 6.31. The minimum absolute atomic E-state index is 0.113. The number of nitrogens with zero attached hydrogens (tertiary/aromatic N) is 5. The Hall–Kier alpha value is -1.93. The van der Waals surface area contributed by atoms with Gasteiger partial charge in [-0.1, -0.05) is 25.6 Å². The van der Waals surface area contributed by atoms with Gasteiger partial charge in [0, 0.05) is 38.8 Å². The molecule has 12 heteroatoms. The lowest BCUT2D eigenvalue weighted by Crippen LogP contribution is -2.38. The first kappa shape index (κ1) is 27.1. The van der Waals surface area contributed by atoms with Crippen LogP contribution in [0.3, 0.4) is 0 Å². The first-order chi connectivity index (χ1) is 17.0. The average Bonchev–Trinajstić information content (AvgIpc) is 3.39. The molecule has 3 heterocycles. The molecule has 4 rings (SSSR count). The number of anilines is 1. The van der Waals surface area contributed by atoms with E-state index in [-0.39, 0.29) is 23.5 Å². The maximum absolute atomic E-state index is 12.9. The molecule has 2 aromatic heterocycles. The summed E-state index contributed by atoms with van der Waals surface area (Å²) in [4.78, 5) is 29.2. The fourth-order valence-corrected chi connectivity index (χ4v) is 5.74. The van der Waals surface area contributed by atoms with E-state index in [2.05, 4.69) is 49.8 Å². The Kier molecular flexibility index (Phi) is 8.45. The molecule has 2 N–H and O–H groups in total. The van der Waals surface area contributed by atoms with E-state index in [1.807, 2.05) is 44.7 Å². The van der Waals surface area contributed by atoms with E-state index in [0.717, 1.165) is 38.0 Å². The van der Waals surface area contributed by atoms with Crippen molar-refractivity contribution in [3.8, 4) is 11.5 Å². The van der Waals surface area contributed by atoms with Gasteiger partial charge in [0.2, 0.25) is 12.7 Å². The Balaban J connectivity index is 1.55. The molecule has 0 saturated carbocycles. The number of nitrogens with two attached hydrogens (primary N) is 1. The van der Waals surface area contributed by atoms with Crippen molar-refractivity contribution in [2.45, 2.75) is 74.3 Å². The number of benzene rings is 1. The van der Waals surface area contributed by atoms with Gasteiger partial charge in [-0.05, 0) is 61.4 Å². The lowest BCUT2D eigenvalue weighted by atomic mass is 10.1. The second-order valence-corrected chi connectivity index (χ2v) is 12.9. The second kappa shape index (κ2) is 11.2. The van der Waals surface area contributed by atoms with Crippen LogP contribution in [0, 0.1) is 3.57 Å². The normalized spacial score (nSPS) is 13.1. The van der Waals surface area contributed by atoms with Crippen LogP contribution < -0.4 is 15.2 Å². The molecule has 0 unspecified atom stereocenters. The molecule has 0 atom stereocenters. The number of rotatable bonds is 10. The number of halogens is 1. The Morgan fingerprint density at radius 2 is 2.03 bits per heavy atom. The van der Waals surface area contributed by atoms with Crippen LogP contribution in [-0.2, 0) is 11.3 Å². The lowest BCUT2D eigenvalue weighted by molar-refractivity contribution is -0.133. The van der Waals surface area contributed by atoms with Crippen molar-refractivity contribution >= 4 is 69.9 Å². The molecule has 194 valence electrons. The molecule has 36 heavy (non-hydrogen) atoms. The molecule has 0 saturated heterocycles. The third-order valence-electron chi connectivity index (χ3n) is 5.83. The second-order valence-electron chi connectivity index (χ2n) is 9.56. The zero-order chi connectivity index (χ0) is 26.0. The van der Waals surface area contributed by atoms with Crippen LogP contribution in [0.5, 0.6) is 11.5 Å². The summed E-state index contributed by atoms with van der Waals surface area (Å²) in [5, 5.41) is 0.758. The fourth-order valence-electron chi connectivity index (χ4n) is 3.92. The summed E-state index contributed by atoms with van der Waals surface area (Å²) < 4.78 is 14.0. The first-order valence-corrected chi connectivity index (χ1v) is 14.1. The van der Waals surface area contributed by atoms with E-state index < -0.39 is 0 Å². The van der Waals surface area contributed by atoms with Crippen LogP contribution in [0.15, 0.2) is 28.5 Å². The highest BCUT2D eigenvalue weighted by Gasteiger charge is 2.23. The molecule has 0 spiro atoms.